The van der Waals surface area contributed by atoms with Gasteiger partial charge in [-0.05, 0) is 48.2 Å². The van der Waals surface area contributed by atoms with Gasteiger partial charge in [0, 0.05) is 23.3 Å². The summed E-state index contributed by atoms with van der Waals surface area (Å²) in [5, 5.41) is 6.27. The number of nitrogens with one attached hydrogen (secondary N) is 2. The Morgan fingerprint density at radius 1 is 1.24 bits per heavy atom. The second-order valence-corrected chi connectivity index (χ2v) is 6.61. The molecule has 0 aliphatic carbocycles. The minimum atomic E-state index is 0.0773. The molecule has 2 N–H and O–H groups in total. The topological polar surface area (TPSA) is 70.7 Å². The van der Waals surface area contributed by atoms with Crippen LogP contribution >= 0.6 is 11.3 Å². The van der Waals surface area contributed by atoms with Gasteiger partial charge in [0.15, 0.2) is 5.78 Å². The van der Waals surface area contributed by atoms with Crippen molar-refractivity contribution in [3.8, 4) is 11.1 Å². The van der Waals surface area contributed by atoms with Crippen molar-refractivity contribution in [1.29, 1.82) is 0 Å². The summed E-state index contributed by atoms with van der Waals surface area (Å²) in [6.07, 6.45) is 3.64. The Morgan fingerprint density at radius 3 is 2.96 bits per heavy atom. The van der Waals surface area contributed by atoms with E-state index in [0.717, 1.165) is 38.5 Å². The number of thiophene rings is 1. The highest BCUT2D eigenvalue weighted by Crippen LogP contribution is 2.35. The molecule has 0 radical (unpaired) electrons. The molecule has 0 aliphatic heterocycles. The molecular formula is C19H16N4OS. The van der Waals surface area contributed by atoms with Gasteiger partial charge in [0.25, 0.3) is 0 Å². The van der Waals surface area contributed by atoms with E-state index < -0.39 is 0 Å². The number of aromatic nitrogens is 3. The zero-order valence-electron chi connectivity index (χ0n) is 13.6. The van der Waals surface area contributed by atoms with Crippen LogP contribution in [-0.2, 0) is 6.54 Å². The van der Waals surface area contributed by atoms with Crippen molar-refractivity contribution in [1.82, 2.24) is 15.0 Å². The fourth-order valence-corrected chi connectivity index (χ4v) is 3.64. The fourth-order valence-electron chi connectivity index (χ4n) is 2.83. The van der Waals surface area contributed by atoms with Crippen molar-refractivity contribution in [3.05, 3.63) is 64.7 Å². The lowest BCUT2D eigenvalue weighted by molar-refractivity contribution is 0.102. The van der Waals surface area contributed by atoms with Gasteiger partial charge in [-0.25, -0.2) is 4.98 Å². The van der Waals surface area contributed by atoms with Crippen molar-refractivity contribution < 1.29 is 4.79 Å². The van der Waals surface area contributed by atoms with Crippen molar-refractivity contribution in [3.63, 3.8) is 0 Å². The van der Waals surface area contributed by atoms with Gasteiger partial charge >= 0.3 is 0 Å². The first-order chi connectivity index (χ1) is 12.2. The number of hydrogen-bond donors (Lipinski definition) is 2. The number of H-pyrrole nitrogens is 1. The van der Waals surface area contributed by atoms with E-state index >= 15 is 0 Å². The van der Waals surface area contributed by atoms with Crippen LogP contribution < -0.4 is 5.32 Å². The van der Waals surface area contributed by atoms with Crippen LogP contribution in [0.3, 0.4) is 0 Å². The van der Waals surface area contributed by atoms with Crippen LogP contribution in [-0.4, -0.2) is 20.7 Å². The molecule has 0 saturated heterocycles. The van der Waals surface area contributed by atoms with Crippen molar-refractivity contribution >= 4 is 34.0 Å². The molecule has 124 valence electrons. The van der Waals surface area contributed by atoms with Crippen molar-refractivity contribution in [2.75, 3.05) is 5.32 Å². The van der Waals surface area contributed by atoms with E-state index in [0.29, 0.717) is 6.54 Å². The number of carbonyl (C=O) groups is 1. The Labute approximate surface area is 148 Å². The predicted octanol–water partition coefficient (Wildman–Crippen LogP) is 4.50. The maximum atomic E-state index is 11.9. The van der Waals surface area contributed by atoms with Gasteiger partial charge < -0.3 is 10.3 Å². The summed E-state index contributed by atoms with van der Waals surface area (Å²) in [5.74, 6) is 0.824. The average molecular weight is 348 g/mol. The summed E-state index contributed by atoms with van der Waals surface area (Å²) in [4.78, 5) is 24.8. The van der Waals surface area contributed by atoms with Gasteiger partial charge in [0.1, 0.15) is 11.5 Å². The molecular weight excluding hydrogens is 332 g/mol. The van der Waals surface area contributed by atoms with E-state index in [-0.39, 0.29) is 5.78 Å². The lowest BCUT2D eigenvalue weighted by atomic mass is 10.0. The third kappa shape index (κ3) is 3.04. The molecule has 0 bridgehead atoms. The average Bonchev–Trinajstić information content (AvgIpc) is 3.29. The Bertz CT molecular complexity index is 1040. The lowest BCUT2D eigenvalue weighted by Crippen LogP contribution is -2.03. The van der Waals surface area contributed by atoms with Gasteiger partial charge in [-0.1, -0.05) is 6.07 Å². The third-order valence-corrected chi connectivity index (χ3v) is 5.00. The molecule has 25 heavy (non-hydrogen) atoms. The number of anilines is 1. The lowest BCUT2D eigenvalue weighted by Gasteiger charge is -2.09. The van der Waals surface area contributed by atoms with Gasteiger partial charge in [-0.15, -0.1) is 11.3 Å². The van der Waals surface area contributed by atoms with Crippen molar-refractivity contribution in [2.45, 2.75) is 13.5 Å². The van der Waals surface area contributed by atoms with Gasteiger partial charge in [0.2, 0.25) is 0 Å². The first-order valence-electron chi connectivity index (χ1n) is 7.93. The molecule has 0 unspecified atom stereocenters. The van der Waals surface area contributed by atoms with Crippen LogP contribution in [0.15, 0.2) is 54.2 Å². The highest BCUT2D eigenvalue weighted by atomic mass is 32.1. The molecule has 4 rings (SSSR count). The van der Waals surface area contributed by atoms with Crippen LogP contribution in [0.2, 0.25) is 0 Å². The zero-order chi connectivity index (χ0) is 17.2. The van der Waals surface area contributed by atoms with Gasteiger partial charge in [0.05, 0.1) is 17.1 Å². The Kier molecular flexibility index (Phi) is 4.03. The van der Waals surface area contributed by atoms with Gasteiger partial charge in [-0.2, -0.15) is 0 Å². The summed E-state index contributed by atoms with van der Waals surface area (Å²) in [6.45, 7) is 2.19. The van der Waals surface area contributed by atoms with Crippen LogP contribution in [0.5, 0.6) is 0 Å². The molecule has 0 aromatic carbocycles. The van der Waals surface area contributed by atoms with E-state index in [1.54, 1.807) is 13.1 Å². The van der Waals surface area contributed by atoms with E-state index in [2.05, 4.69) is 20.3 Å². The first-order valence-corrected chi connectivity index (χ1v) is 8.81. The van der Waals surface area contributed by atoms with Crippen LogP contribution in [0.25, 0.3) is 22.2 Å². The zero-order valence-corrected chi connectivity index (χ0v) is 14.4. The first kappa shape index (κ1) is 15.5. The fraction of sp³-hybridized carbons (Fsp3) is 0.105. The number of aromatic amines is 1. The minimum absolute atomic E-state index is 0.0773. The molecule has 0 aliphatic rings. The summed E-state index contributed by atoms with van der Waals surface area (Å²) in [7, 11) is 0. The largest absolute Gasteiger partial charge is 0.364 e. The molecule has 0 saturated carbocycles. The molecule has 6 heteroatoms. The summed E-state index contributed by atoms with van der Waals surface area (Å²) in [6, 6.07) is 11.8. The highest BCUT2D eigenvalue weighted by Gasteiger charge is 2.15. The number of pyridine rings is 2. The quantitative estimate of drug-likeness (QED) is 0.521. The molecule has 0 amide bonds. The Hall–Kier alpha value is -2.99. The second-order valence-electron chi connectivity index (χ2n) is 5.69. The number of fused-ring (bicyclic) bond motifs is 1. The third-order valence-electron chi connectivity index (χ3n) is 3.98. The van der Waals surface area contributed by atoms with Crippen LogP contribution in [0.1, 0.15) is 22.3 Å². The van der Waals surface area contributed by atoms with E-state index in [1.807, 2.05) is 48.0 Å². The predicted molar refractivity (Wildman–Crippen MR) is 101 cm³/mol. The SMILES string of the molecule is CC(=O)c1sccc1-c1cc(NCc2ccccn2)nc2[nH]ccc12. The molecule has 4 heterocycles. The second kappa shape index (κ2) is 6.49. The van der Waals surface area contributed by atoms with E-state index in [4.69, 9.17) is 0 Å². The molecule has 0 fully saturated rings. The van der Waals surface area contributed by atoms with Crippen molar-refractivity contribution in [2.24, 2.45) is 0 Å². The number of nitrogens with zero attached hydrogens (tertiary/aromatic N) is 2. The maximum absolute atomic E-state index is 11.9. The number of hydrogen-bond acceptors (Lipinski definition) is 5. The maximum Gasteiger partial charge on any atom is 0.170 e. The van der Waals surface area contributed by atoms with E-state index in [9.17, 15) is 4.79 Å². The number of ketones is 1. The minimum Gasteiger partial charge on any atom is -0.364 e. The highest BCUT2D eigenvalue weighted by molar-refractivity contribution is 7.12. The summed E-state index contributed by atoms with van der Waals surface area (Å²) in [5.41, 5.74) is 3.69. The molecule has 4 aromatic heterocycles. The smallest absolute Gasteiger partial charge is 0.170 e. The van der Waals surface area contributed by atoms with Gasteiger partial charge in [-0.3, -0.25) is 9.78 Å². The molecule has 0 spiro atoms. The Morgan fingerprint density at radius 2 is 2.16 bits per heavy atom. The van der Waals surface area contributed by atoms with Crippen LogP contribution in [0, 0.1) is 0 Å². The number of Topliss-reactive ketones (excluding diaryl/α,β-unsaturated/α-hetero) is 1. The number of rotatable bonds is 5. The molecule has 4 aromatic rings. The standard InChI is InChI=1S/C19H16N4OS/c1-12(24)18-14(6-9-25-18)16-10-17(23-19-15(16)5-8-21-19)22-11-13-4-2-3-7-20-13/h2-10H,11H2,1H3,(H2,21,22,23). The van der Waals surface area contributed by atoms with E-state index in [1.165, 1.54) is 11.3 Å². The molecule has 0 atom stereocenters. The summed E-state index contributed by atoms with van der Waals surface area (Å²) < 4.78 is 0. The normalized spacial score (nSPS) is 10.9. The van der Waals surface area contributed by atoms with Crippen LogP contribution in [0.4, 0.5) is 5.82 Å². The Balaban J connectivity index is 1.75. The monoisotopic (exact) mass is 348 g/mol. The molecule has 5 nitrogen and oxygen atoms in total. The number of carbonyl (C=O) groups excluding carboxylic acids is 1. The summed E-state index contributed by atoms with van der Waals surface area (Å²) >= 11 is 1.47.